The Morgan fingerprint density at radius 2 is 2.25 bits per heavy atom. The molecule has 90 valence electrons. The summed E-state index contributed by atoms with van der Waals surface area (Å²) in [6.07, 6.45) is 1.84. The number of hydrogen-bond donors (Lipinski definition) is 0. The molecule has 0 spiro atoms. The number of rotatable bonds is 7. The molecule has 0 saturated heterocycles. The van der Waals surface area contributed by atoms with Gasteiger partial charge in [0.2, 0.25) is 0 Å². The third-order valence-electron chi connectivity index (χ3n) is 2.40. The van der Waals surface area contributed by atoms with E-state index in [0.29, 0.717) is 0 Å². The van der Waals surface area contributed by atoms with E-state index in [9.17, 15) is 0 Å². The van der Waals surface area contributed by atoms with Crippen molar-refractivity contribution in [2.45, 2.75) is 19.2 Å². The molecular weight excluding hydrogens is 268 g/mol. The van der Waals surface area contributed by atoms with E-state index < -0.39 is 0 Å². The molecule has 1 heterocycles. The van der Waals surface area contributed by atoms with E-state index in [1.165, 1.54) is 5.56 Å². The van der Waals surface area contributed by atoms with Crippen molar-refractivity contribution in [3.05, 3.63) is 23.9 Å². The Morgan fingerprint density at radius 1 is 1.44 bits per heavy atom. The van der Waals surface area contributed by atoms with Crippen molar-refractivity contribution in [2.75, 3.05) is 31.2 Å². The van der Waals surface area contributed by atoms with Crippen molar-refractivity contribution in [3.63, 3.8) is 0 Å². The highest BCUT2D eigenvalue weighted by Crippen LogP contribution is 2.19. The maximum absolute atomic E-state index is 5.38. The fourth-order valence-electron chi connectivity index (χ4n) is 1.55. The molecule has 0 aliphatic heterocycles. The molecule has 0 N–H and O–H groups in total. The molecule has 0 aromatic carbocycles. The van der Waals surface area contributed by atoms with Crippen LogP contribution in [0.2, 0.25) is 0 Å². The SMILES string of the molecule is CCOCCN(CC)c1ncccc1CBr. The van der Waals surface area contributed by atoms with Gasteiger partial charge in [0.05, 0.1) is 6.61 Å². The van der Waals surface area contributed by atoms with Crippen molar-refractivity contribution in [1.29, 1.82) is 0 Å². The number of aromatic nitrogens is 1. The number of pyridine rings is 1. The minimum Gasteiger partial charge on any atom is -0.380 e. The molecule has 4 heteroatoms. The Hall–Kier alpha value is -0.610. The Kier molecular flexibility index (Phi) is 6.42. The Balaban J connectivity index is 2.69. The summed E-state index contributed by atoms with van der Waals surface area (Å²) in [4.78, 5) is 6.68. The van der Waals surface area contributed by atoms with E-state index >= 15 is 0 Å². The normalized spacial score (nSPS) is 10.4. The standard InChI is InChI=1S/C12H19BrN2O/c1-3-15(8-9-16-4-2)12-11(10-13)6-5-7-14-12/h5-7H,3-4,8-10H2,1-2H3. The van der Waals surface area contributed by atoms with Crippen molar-refractivity contribution in [2.24, 2.45) is 0 Å². The summed E-state index contributed by atoms with van der Waals surface area (Å²) in [5, 5.41) is 0.835. The van der Waals surface area contributed by atoms with Crippen LogP contribution in [0.1, 0.15) is 19.4 Å². The van der Waals surface area contributed by atoms with Gasteiger partial charge in [0.15, 0.2) is 0 Å². The van der Waals surface area contributed by atoms with Gasteiger partial charge in [-0.25, -0.2) is 4.98 Å². The molecule has 0 amide bonds. The van der Waals surface area contributed by atoms with Crippen molar-refractivity contribution >= 4 is 21.7 Å². The van der Waals surface area contributed by atoms with E-state index in [-0.39, 0.29) is 0 Å². The van der Waals surface area contributed by atoms with Gasteiger partial charge in [0.1, 0.15) is 5.82 Å². The molecule has 1 aromatic rings. The van der Waals surface area contributed by atoms with Crippen LogP contribution in [-0.4, -0.2) is 31.3 Å². The molecule has 0 fully saturated rings. The number of nitrogens with zero attached hydrogens (tertiary/aromatic N) is 2. The van der Waals surface area contributed by atoms with Gasteiger partial charge in [0, 0.05) is 36.8 Å². The van der Waals surface area contributed by atoms with E-state index in [4.69, 9.17) is 4.74 Å². The first-order chi connectivity index (χ1) is 7.83. The van der Waals surface area contributed by atoms with E-state index in [1.807, 2.05) is 19.2 Å². The number of anilines is 1. The lowest BCUT2D eigenvalue weighted by atomic mass is 10.2. The summed E-state index contributed by atoms with van der Waals surface area (Å²) in [5.41, 5.74) is 1.22. The average Bonchev–Trinajstić information content (AvgIpc) is 2.35. The highest BCUT2D eigenvalue weighted by molar-refractivity contribution is 9.08. The van der Waals surface area contributed by atoms with Crippen LogP contribution < -0.4 is 4.90 Å². The van der Waals surface area contributed by atoms with Gasteiger partial charge < -0.3 is 9.64 Å². The zero-order valence-corrected chi connectivity index (χ0v) is 11.5. The van der Waals surface area contributed by atoms with Crippen LogP contribution in [-0.2, 0) is 10.1 Å². The monoisotopic (exact) mass is 286 g/mol. The summed E-state index contributed by atoms with van der Waals surface area (Å²) >= 11 is 3.49. The summed E-state index contributed by atoms with van der Waals surface area (Å²) in [6.45, 7) is 7.51. The predicted octanol–water partition coefficient (Wildman–Crippen LogP) is 2.84. The second-order valence-corrected chi connectivity index (χ2v) is 3.96. The molecule has 0 atom stereocenters. The Morgan fingerprint density at radius 3 is 2.88 bits per heavy atom. The minimum atomic E-state index is 0.753. The fraction of sp³-hybridized carbons (Fsp3) is 0.583. The number of halogens is 1. The molecular formula is C12H19BrN2O. The second kappa shape index (κ2) is 7.63. The molecule has 16 heavy (non-hydrogen) atoms. The molecule has 1 aromatic heterocycles. The van der Waals surface area contributed by atoms with Crippen LogP contribution >= 0.6 is 15.9 Å². The molecule has 1 rings (SSSR count). The first-order valence-electron chi connectivity index (χ1n) is 5.66. The van der Waals surface area contributed by atoms with Crippen LogP contribution in [0.3, 0.4) is 0 Å². The quantitative estimate of drug-likeness (QED) is 0.569. The third-order valence-corrected chi connectivity index (χ3v) is 3.01. The smallest absolute Gasteiger partial charge is 0.132 e. The Bertz CT molecular complexity index is 307. The molecule has 0 saturated carbocycles. The number of alkyl halides is 1. The first-order valence-corrected chi connectivity index (χ1v) is 6.78. The molecule has 3 nitrogen and oxygen atoms in total. The molecule has 0 bridgehead atoms. The summed E-state index contributed by atoms with van der Waals surface area (Å²) in [6, 6.07) is 4.07. The van der Waals surface area contributed by atoms with Crippen molar-refractivity contribution < 1.29 is 4.74 Å². The van der Waals surface area contributed by atoms with Crippen LogP contribution in [0.5, 0.6) is 0 Å². The average molecular weight is 287 g/mol. The zero-order valence-electron chi connectivity index (χ0n) is 9.95. The van der Waals surface area contributed by atoms with Gasteiger partial charge in [-0.05, 0) is 19.9 Å². The molecule has 0 unspecified atom stereocenters. The van der Waals surface area contributed by atoms with Gasteiger partial charge in [0.25, 0.3) is 0 Å². The van der Waals surface area contributed by atoms with E-state index in [2.05, 4.69) is 38.8 Å². The molecule has 0 radical (unpaired) electrons. The van der Waals surface area contributed by atoms with Crippen molar-refractivity contribution in [3.8, 4) is 0 Å². The summed E-state index contributed by atoms with van der Waals surface area (Å²) < 4.78 is 5.38. The van der Waals surface area contributed by atoms with Crippen LogP contribution in [0, 0.1) is 0 Å². The largest absolute Gasteiger partial charge is 0.380 e. The highest BCUT2D eigenvalue weighted by atomic mass is 79.9. The zero-order chi connectivity index (χ0) is 11.8. The predicted molar refractivity (Wildman–Crippen MR) is 71.2 cm³/mol. The maximum atomic E-state index is 5.38. The highest BCUT2D eigenvalue weighted by Gasteiger charge is 2.09. The third kappa shape index (κ3) is 3.76. The van der Waals surface area contributed by atoms with Gasteiger partial charge in [-0.3, -0.25) is 0 Å². The lowest BCUT2D eigenvalue weighted by Gasteiger charge is -2.23. The topological polar surface area (TPSA) is 25.4 Å². The van der Waals surface area contributed by atoms with Crippen LogP contribution in [0.15, 0.2) is 18.3 Å². The minimum absolute atomic E-state index is 0.753. The summed E-state index contributed by atoms with van der Waals surface area (Å²) in [5.74, 6) is 1.06. The van der Waals surface area contributed by atoms with Gasteiger partial charge >= 0.3 is 0 Å². The number of ether oxygens (including phenoxy) is 1. The van der Waals surface area contributed by atoms with E-state index in [1.54, 1.807) is 0 Å². The first kappa shape index (κ1) is 13.5. The fourth-order valence-corrected chi connectivity index (χ4v) is 1.99. The lowest BCUT2D eigenvalue weighted by Crippen LogP contribution is -2.28. The summed E-state index contributed by atoms with van der Waals surface area (Å²) in [7, 11) is 0. The van der Waals surface area contributed by atoms with Crippen LogP contribution in [0.4, 0.5) is 5.82 Å². The molecule has 0 aliphatic rings. The second-order valence-electron chi connectivity index (χ2n) is 3.40. The van der Waals surface area contributed by atoms with Crippen molar-refractivity contribution in [1.82, 2.24) is 4.98 Å². The lowest BCUT2D eigenvalue weighted by molar-refractivity contribution is 0.154. The maximum Gasteiger partial charge on any atom is 0.132 e. The molecule has 0 aliphatic carbocycles. The Labute approximate surface area is 106 Å². The van der Waals surface area contributed by atoms with Gasteiger partial charge in [-0.2, -0.15) is 0 Å². The van der Waals surface area contributed by atoms with Crippen LogP contribution in [0.25, 0.3) is 0 Å². The number of hydrogen-bond acceptors (Lipinski definition) is 3. The van der Waals surface area contributed by atoms with E-state index in [0.717, 1.165) is 37.5 Å². The number of likely N-dealkylation sites (N-methyl/N-ethyl adjacent to an activating group) is 1. The van der Waals surface area contributed by atoms with Gasteiger partial charge in [-0.1, -0.05) is 22.0 Å². The van der Waals surface area contributed by atoms with Gasteiger partial charge in [-0.15, -0.1) is 0 Å².